The van der Waals surface area contributed by atoms with Crippen molar-refractivity contribution in [3.8, 4) is 0 Å². The zero-order chi connectivity index (χ0) is 18.8. The van der Waals surface area contributed by atoms with Gasteiger partial charge < -0.3 is 15.4 Å². The minimum absolute atomic E-state index is 0.150. The van der Waals surface area contributed by atoms with Crippen LogP contribution in [0.1, 0.15) is 44.7 Å². The predicted octanol–water partition coefficient (Wildman–Crippen LogP) is 2.17. The van der Waals surface area contributed by atoms with Gasteiger partial charge in [-0.05, 0) is 25.5 Å². The van der Waals surface area contributed by atoms with Crippen LogP contribution in [0, 0.1) is 0 Å². The molecule has 2 N–H and O–H groups in total. The number of ether oxygens (including phenoxy) is 1. The van der Waals surface area contributed by atoms with Crippen LogP contribution >= 0.6 is 0 Å². The lowest BCUT2D eigenvalue weighted by molar-refractivity contribution is -0.145. The van der Waals surface area contributed by atoms with Gasteiger partial charge in [-0.15, -0.1) is 0 Å². The smallest absolute Gasteiger partial charge is 0.323 e. The third-order valence-corrected chi connectivity index (χ3v) is 4.96. The summed E-state index contributed by atoms with van der Waals surface area (Å²) in [6.45, 7) is 1.39. The van der Waals surface area contributed by atoms with Crippen molar-refractivity contribution in [3.63, 3.8) is 0 Å². The molecule has 0 unspecified atom stereocenters. The number of rotatable bonds is 5. The van der Waals surface area contributed by atoms with Gasteiger partial charge in [0, 0.05) is 28.9 Å². The number of hydrogen-bond donors (Lipinski definition) is 2. The van der Waals surface area contributed by atoms with E-state index in [1.165, 1.54) is 0 Å². The summed E-state index contributed by atoms with van der Waals surface area (Å²) < 4.78 is 5.28. The molecule has 0 radical (unpaired) electrons. The Morgan fingerprint density at radius 1 is 1.04 bits per heavy atom. The van der Waals surface area contributed by atoms with Crippen LogP contribution in [0.25, 0.3) is 0 Å². The van der Waals surface area contributed by atoms with Gasteiger partial charge in [-0.3, -0.25) is 14.4 Å². The summed E-state index contributed by atoms with van der Waals surface area (Å²) in [5, 5.41) is 6.23. The normalized spacial score (nSPS) is 18.0. The van der Waals surface area contributed by atoms with E-state index in [9.17, 15) is 14.4 Å². The molecule has 138 valence electrons. The number of fused-ring (bicyclic) bond motifs is 2. The highest BCUT2D eigenvalue weighted by Gasteiger charge is 2.31. The van der Waals surface area contributed by atoms with Crippen LogP contribution < -0.4 is 10.6 Å². The fourth-order valence-electron chi connectivity index (χ4n) is 3.62. The van der Waals surface area contributed by atoms with E-state index in [1.807, 2.05) is 0 Å². The average Bonchev–Trinajstić information content (AvgIpc) is 3.24. The third kappa shape index (κ3) is 3.24. The predicted molar refractivity (Wildman–Crippen MR) is 100 cm³/mol. The van der Waals surface area contributed by atoms with Crippen molar-refractivity contribution in [2.45, 2.75) is 18.9 Å². The zero-order valence-corrected chi connectivity index (χ0v) is 14.8. The molecule has 0 saturated carbocycles. The monoisotopic (exact) mass is 364 g/mol. The second-order valence-corrected chi connectivity index (χ2v) is 6.68. The number of hydrogen-bond acceptors (Lipinski definition) is 6. The summed E-state index contributed by atoms with van der Waals surface area (Å²) >= 11 is 0. The Morgan fingerprint density at radius 2 is 1.78 bits per heavy atom. The fraction of sp³-hybridized carbons (Fsp3) is 0.286. The first-order valence-corrected chi connectivity index (χ1v) is 9.12. The quantitative estimate of drug-likeness (QED) is 0.533. The summed E-state index contributed by atoms with van der Waals surface area (Å²) in [4.78, 5) is 37.5. The van der Waals surface area contributed by atoms with E-state index in [2.05, 4.69) is 10.6 Å². The van der Waals surface area contributed by atoms with E-state index in [-0.39, 0.29) is 30.2 Å². The molecule has 0 aromatic heterocycles. The molecule has 4 rings (SSSR count). The van der Waals surface area contributed by atoms with Gasteiger partial charge in [0.05, 0.1) is 5.56 Å². The van der Waals surface area contributed by atoms with Crippen LogP contribution in [-0.2, 0) is 9.53 Å². The van der Waals surface area contributed by atoms with Gasteiger partial charge in [0.1, 0.15) is 12.6 Å². The SMILES string of the molecule is O=C1c2ccccc2C(=O)c2c(NCCOC(=O)[C@@H]3CCCN3)cccc21. The molecule has 0 spiro atoms. The molecule has 6 nitrogen and oxygen atoms in total. The molecule has 2 aromatic carbocycles. The standard InChI is InChI=1S/C21H20N2O4/c24-19-13-5-1-2-6-14(13)20(25)18-15(19)7-3-8-16(18)23-11-12-27-21(26)17-9-4-10-22-17/h1-3,5-8,17,22-23H,4,9-12H2/t17-/m0/s1. The maximum atomic E-state index is 12.9. The van der Waals surface area contributed by atoms with Crippen molar-refractivity contribution in [1.82, 2.24) is 5.32 Å². The highest BCUT2D eigenvalue weighted by Crippen LogP contribution is 2.31. The van der Waals surface area contributed by atoms with Gasteiger partial charge >= 0.3 is 5.97 Å². The lowest BCUT2D eigenvalue weighted by Crippen LogP contribution is -2.33. The average molecular weight is 364 g/mol. The van der Waals surface area contributed by atoms with Gasteiger partial charge in [0.15, 0.2) is 11.6 Å². The molecule has 1 heterocycles. The summed E-state index contributed by atoms with van der Waals surface area (Å²) in [6, 6.07) is 11.8. The number of ketones is 2. The van der Waals surface area contributed by atoms with Gasteiger partial charge in [-0.25, -0.2) is 0 Å². The van der Waals surface area contributed by atoms with Crippen LogP contribution in [0.5, 0.6) is 0 Å². The Morgan fingerprint density at radius 3 is 2.52 bits per heavy atom. The Labute approximate surface area is 156 Å². The van der Waals surface area contributed by atoms with E-state index in [0.717, 1.165) is 19.4 Å². The minimum Gasteiger partial charge on any atom is -0.463 e. The van der Waals surface area contributed by atoms with E-state index in [1.54, 1.807) is 42.5 Å². The molecule has 27 heavy (non-hydrogen) atoms. The van der Waals surface area contributed by atoms with Crippen molar-refractivity contribution < 1.29 is 19.1 Å². The number of nitrogens with one attached hydrogen (secondary N) is 2. The lowest BCUT2D eigenvalue weighted by atomic mass is 9.83. The molecular formula is C21H20N2O4. The van der Waals surface area contributed by atoms with Gasteiger partial charge in [0.25, 0.3) is 0 Å². The van der Waals surface area contributed by atoms with Crippen LogP contribution in [-0.4, -0.2) is 43.3 Å². The molecule has 0 amide bonds. The van der Waals surface area contributed by atoms with E-state index >= 15 is 0 Å². The number of carbonyl (C=O) groups is 3. The second-order valence-electron chi connectivity index (χ2n) is 6.68. The molecule has 6 heteroatoms. The Kier molecular flexibility index (Phi) is 4.73. The van der Waals surface area contributed by atoms with Crippen LogP contribution in [0.4, 0.5) is 5.69 Å². The van der Waals surface area contributed by atoms with Crippen molar-refractivity contribution in [2.75, 3.05) is 25.0 Å². The van der Waals surface area contributed by atoms with Gasteiger partial charge in [0.2, 0.25) is 0 Å². The first kappa shape index (κ1) is 17.4. The van der Waals surface area contributed by atoms with Gasteiger partial charge in [-0.2, -0.15) is 0 Å². The molecular weight excluding hydrogens is 344 g/mol. The topological polar surface area (TPSA) is 84.5 Å². The fourth-order valence-corrected chi connectivity index (χ4v) is 3.62. The third-order valence-electron chi connectivity index (χ3n) is 4.96. The number of benzene rings is 2. The van der Waals surface area contributed by atoms with Crippen LogP contribution in [0.2, 0.25) is 0 Å². The molecule has 2 aromatic rings. The van der Waals surface area contributed by atoms with E-state index < -0.39 is 0 Å². The summed E-state index contributed by atoms with van der Waals surface area (Å²) in [5.74, 6) is -0.567. The lowest BCUT2D eigenvalue weighted by Gasteiger charge is -2.20. The molecule has 1 aliphatic heterocycles. The molecule has 2 aliphatic rings. The van der Waals surface area contributed by atoms with Crippen molar-refractivity contribution in [3.05, 3.63) is 64.7 Å². The number of carbonyl (C=O) groups excluding carboxylic acids is 3. The van der Waals surface area contributed by atoms with Crippen LogP contribution in [0.15, 0.2) is 42.5 Å². The summed E-state index contributed by atoms with van der Waals surface area (Å²) in [7, 11) is 0. The Bertz CT molecular complexity index is 916. The minimum atomic E-state index is -0.246. The van der Waals surface area contributed by atoms with E-state index in [4.69, 9.17) is 4.74 Å². The first-order chi connectivity index (χ1) is 13.2. The van der Waals surface area contributed by atoms with Crippen LogP contribution in [0.3, 0.4) is 0 Å². The van der Waals surface area contributed by atoms with E-state index in [0.29, 0.717) is 34.5 Å². The van der Waals surface area contributed by atoms with Crippen molar-refractivity contribution in [1.29, 1.82) is 0 Å². The Hall–Kier alpha value is -2.99. The number of esters is 1. The molecule has 1 atom stereocenters. The molecule has 0 bridgehead atoms. The maximum absolute atomic E-state index is 12.9. The van der Waals surface area contributed by atoms with Crippen molar-refractivity contribution in [2.24, 2.45) is 0 Å². The summed E-state index contributed by atoms with van der Waals surface area (Å²) in [6.07, 6.45) is 1.78. The molecule has 1 saturated heterocycles. The summed E-state index contributed by atoms with van der Waals surface area (Å²) in [5.41, 5.74) is 2.21. The maximum Gasteiger partial charge on any atom is 0.323 e. The van der Waals surface area contributed by atoms with Crippen molar-refractivity contribution >= 4 is 23.2 Å². The largest absolute Gasteiger partial charge is 0.463 e. The Balaban J connectivity index is 1.46. The second kappa shape index (κ2) is 7.32. The van der Waals surface area contributed by atoms with Gasteiger partial charge in [-0.1, -0.05) is 36.4 Å². The highest BCUT2D eigenvalue weighted by molar-refractivity contribution is 6.30. The zero-order valence-electron chi connectivity index (χ0n) is 14.8. The molecule has 1 fully saturated rings. The first-order valence-electron chi connectivity index (χ1n) is 9.12. The highest BCUT2D eigenvalue weighted by atomic mass is 16.5. The number of anilines is 1. The molecule has 1 aliphatic carbocycles.